The summed E-state index contributed by atoms with van der Waals surface area (Å²) in [6.07, 6.45) is -1.82. The Labute approximate surface area is 116 Å². The molecule has 0 bridgehead atoms. The molecule has 0 spiro atoms. The van der Waals surface area contributed by atoms with E-state index in [1.54, 1.807) is 0 Å². The van der Waals surface area contributed by atoms with Crippen molar-refractivity contribution in [3.8, 4) is 0 Å². The zero-order chi connectivity index (χ0) is 14.6. The summed E-state index contributed by atoms with van der Waals surface area (Å²) < 4.78 is 0. The number of aliphatic carboxylic acids is 1. The number of thiophene rings is 1. The van der Waals surface area contributed by atoms with Gasteiger partial charge < -0.3 is 15.3 Å². The van der Waals surface area contributed by atoms with E-state index in [4.69, 9.17) is 5.11 Å². The van der Waals surface area contributed by atoms with Crippen molar-refractivity contribution in [2.75, 3.05) is 0 Å². The quantitative estimate of drug-likeness (QED) is 0.605. The molecule has 108 valence electrons. The highest BCUT2D eigenvalue weighted by atomic mass is 32.1. The number of aliphatic hydroxyl groups is 2. The highest BCUT2D eigenvalue weighted by molar-refractivity contribution is 7.10. The highest BCUT2D eigenvalue weighted by Gasteiger charge is 2.32. The number of aliphatic hydroxyl groups excluding tert-OH is 2. The van der Waals surface area contributed by atoms with Crippen molar-refractivity contribution in [1.29, 1.82) is 0 Å². The summed E-state index contributed by atoms with van der Waals surface area (Å²) in [6, 6.07) is 2.12. The Morgan fingerprint density at radius 1 is 1.32 bits per heavy atom. The minimum atomic E-state index is -1.13. The van der Waals surface area contributed by atoms with Crippen LogP contribution in [0.1, 0.15) is 31.8 Å². The van der Waals surface area contributed by atoms with E-state index in [1.807, 2.05) is 31.4 Å². The van der Waals surface area contributed by atoms with E-state index >= 15 is 0 Å². The van der Waals surface area contributed by atoms with E-state index in [0.29, 0.717) is 0 Å². The third-order valence-corrected chi connectivity index (χ3v) is 3.96. The first-order valence-corrected chi connectivity index (χ1v) is 7.11. The van der Waals surface area contributed by atoms with Gasteiger partial charge in [0.2, 0.25) is 0 Å². The summed E-state index contributed by atoms with van der Waals surface area (Å²) >= 11 is 1.42. The van der Waals surface area contributed by atoms with Crippen molar-refractivity contribution in [3.05, 3.63) is 22.4 Å². The average Bonchev–Trinajstić information content (AvgIpc) is 2.80. The van der Waals surface area contributed by atoms with Crippen LogP contribution in [0.15, 0.2) is 17.5 Å². The minimum absolute atomic E-state index is 0.0256. The van der Waals surface area contributed by atoms with Gasteiger partial charge in [0.05, 0.1) is 6.10 Å². The molecule has 0 radical (unpaired) electrons. The maximum absolute atomic E-state index is 11.1. The SMILES string of the molecule is CC(C)C(NC(C(=O)O)C(C)O)C(O)c1cccs1. The Bertz CT molecular complexity index is 391. The number of carboxylic acid groups (broad SMARTS) is 1. The predicted molar refractivity (Wildman–Crippen MR) is 74.1 cm³/mol. The first kappa shape index (κ1) is 16.1. The number of hydrogen-bond acceptors (Lipinski definition) is 5. The Morgan fingerprint density at radius 3 is 2.32 bits per heavy atom. The van der Waals surface area contributed by atoms with Crippen molar-refractivity contribution in [3.63, 3.8) is 0 Å². The van der Waals surface area contributed by atoms with Gasteiger partial charge in [0, 0.05) is 10.9 Å². The second kappa shape index (κ2) is 7.00. The van der Waals surface area contributed by atoms with Gasteiger partial charge in [-0.15, -0.1) is 11.3 Å². The van der Waals surface area contributed by atoms with Gasteiger partial charge in [-0.05, 0) is 24.3 Å². The van der Waals surface area contributed by atoms with E-state index in [-0.39, 0.29) is 5.92 Å². The molecular formula is C13H21NO4S. The molecule has 0 fully saturated rings. The fraction of sp³-hybridized carbons (Fsp3) is 0.615. The second-order valence-electron chi connectivity index (χ2n) is 4.95. The number of carboxylic acids is 1. The zero-order valence-electron chi connectivity index (χ0n) is 11.3. The molecule has 4 N–H and O–H groups in total. The van der Waals surface area contributed by atoms with Crippen LogP contribution in [0.3, 0.4) is 0 Å². The van der Waals surface area contributed by atoms with Gasteiger partial charge in [-0.2, -0.15) is 0 Å². The van der Waals surface area contributed by atoms with E-state index < -0.39 is 30.3 Å². The summed E-state index contributed by atoms with van der Waals surface area (Å²) in [5.41, 5.74) is 0. The molecule has 6 heteroatoms. The largest absolute Gasteiger partial charge is 0.480 e. The molecule has 0 saturated carbocycles. The van der Waals surface area contributed by atoms with Crippen LogP contribution in [0.5, 0.6) is 0 Å². The third-order valence-electron chi connectivity index (χ3n) is 3.01. The lowest BCUT2D eigenvalue weighted by Gasteiger charge is -2.31. The summed E-state index contributed by atoms with van der Waals surface area (Å²) in [6.45, 7) is 5.21. The molecule has 1 rings (SSSR count). The smallest absolute Gasteiger partial charge is 0.323 e. The van der Waals surface area contributed by atoms with Crippen LogP contribution in [0.25, 0.3) is 0 Å². The minimum Gasteiger partial charge on any atom is -0.480 e. The molecule has 1 aromatic rings. The number of hydrogen-bond donors (Lipinski definition) is 4. The molecule has 5 nitrogen and oxygen atoms in total. The Balaban J connectivity index is 2.86. The normalized spacial score (nSPS) is 18.0. The van der Waals surface area contributed by atoms with Crippen LogP contribution in [-0.4, -0.2) is 39.5 Å². The number of carbonyl (C=O) groups is 1. The van der Waals surface area contributed by atoms with Gasteiger partial charge in [-0.25, -0.2) is 0 Å². The summed E-state index contributed by atoms with van der Waals surface area (Å²) in [5.74, 6) is -1.10. The molecule has 0 saturated heterocycles. The molecule has 4 unspecified atom stereocenters. The summed E-state index contributed by atoms with van der Waals surface area (Å²) in [7, 11) is 0. The van der Waals surface area contributed by atoms with Gasteiger partial charge in [-0.1, -0.05) is 19.9 Å². The van der Waals surface area contributed by atoms with E-state index in [2.05, 4.69) is 5.32 Å². The molecule has 1 aromatic heterocycles. The van der Waals surface area contributed by atoms with Crippen LogP contribution >= 0.6 is 11.3 Å². The molecule has 0 amide bonds. The zero-order valence-corrected chi connectivity index (χ0v) is 12.1. The fourth-order valence-electron chi connectivity index (χ4n) is 1.91. The van der Waals surface area contributed by atoms with Crippen LogP contribution in [0.2, 0.25) is 0 Å². The van der Waals surface area contributed by atoms with Crippen LogP contribution in [0, 0.1) is 5.92 Å². The highest BCUT2D eigenvalue weighted by Crippen LogP contribution is 2.26. The van der Waals surface area contributed by atoms with Crippen molar-refractivity contribution >= 4 is 17.3 Å². The van der Waals surface area contributed by atoms with Crippen LogP contribution in [0.4, 0.5) is 0 Å². The molecule has 1 heterocycles. The fourth-order valence-corrected chi connectivity index (χ4v) is 2.67. The molecule has 4 atom stereocenters. The van der Waals surface area contributed by atoms with Crippen LogP contribution in [-0.2, 0) is 4.79 Å². The summed E-state index contributed by atoms with van der Waals surface area (Å²) in [5, 5.41) is 33.6. The Hall–Kier alpha value is -0.950. The van der Waals surface area contributed by atoms with Crippen molar-refractivity contribution < 1.29 is 20.1 Å². The summed E-state index contributed by atoms with van der Waals surface area (Å²) in [4.78, 5) is 11.9. The van der Waals surface area contributed by atoms with Crippen molar-refractivity contribution in [2.45, 2.75) is 45.1 Å². The number of nitrogens with one attached hydrogen (secondary N) is 1. The van der Waals surface area contributed by atoms with Crippen molar-refractivity contribution in [2.24, 2.45) is 5.92 Å². The van der Waals surface area contributed by atoms with Gasteiger partial charge >= 0.3 is 5.97 Å². The first-order chi connectivity index (χ1) is 8.84. The predicted octanol–water partition coefficient (Wildman–Crippen LogP) is 1.23. The van der Waals surface area contributed by atoms with Gasteiger partial charge in [0.25, 0.3) is 0 Å². The first-order valence-electron chi connectivity index (χ1n) is 6.23. The van der Waals surface area contributed by atoms with Crippen LogP contribution < -0.4 is 5.32 Å². The molecule has 19 heavy (non-hydrogen) atoms. The Kier molecular flexibility index (Phi) is 5.93. The average molecular weight is 287 g/mol. The van der Waals surface area contributed by atoms with Gasteiger partial charge in [0.1, 0.15) is 12.1 Å². The third kappa shape index (κ3) is 4.28. The van der Waals surface area contributed by atoms with Gasteiger partial charge in [-0.3, -0.25) is 10.1 Å². The topological polar surface area (TPSA) is 89.8 Å². The molecule has 0 aromatic carbocycles. The van der Waals surface area contributed by atoms with E-state index in [1.165, 1.54) is 18.3 Å². The lowest BCUT2D eigenvalue weighted by Crippen LogP contribution is -2.53. The van der Waals surface area contributed by atoms with E-state index in [9.17, 15) is 15.0 Å². The van der Waals surface area contributed by atoms with Gasteiger partial charge in [0.15, 0.2) is 0 Å². The maximum Gasteiger partial charge on any atom is 0.323 e. The maximum atomic E-state index is 11.1. The van der Waals surface area contributed by atoms with Crippen molar-refractivity contribution in [1.82, 2.24) is 5.32 Å². The molecule has 0 aliphatic carbocycles. The Morgan fingerprint density at radius 2 is 1.95 bits per heavy atom. The lowest BCUT2D eigenvalue weighted by molar-refractivity contribution is -0.143. The lowest BCUT2D eigenvalue weighted by atomic mass is 9.95. The monoisotopic (exact) mass is 287 g/mol. The molecule has 0 aliphatic heterocycles. The molecule has 0 aliphatic rings. The van der Waals surface area contributed by atoms with E-state index in [0.717, 1.165) is 4.88 Å². The molecular weight excluding hydrogens is 266 g/mol. The second-order valence-corrected chi connectivity index (χ2v) is 5.93. The number of rotatable bonds is 7. The standard InChI is InChI=1S/C13H21NO4S/c1-7(2)10(12(16)9-5-4-6-19-9)14-11(8(3)15)13(17)18/h4-8,10-12,14-16H,1-3H3,(H,17,18).